The molecule has 2 amide bonds. The third-order valence-electron chi connectivity index (χ3n) is 4.94. The Morgan fingerprint density at radius 2 is 1.71 bits per heavy atom. The largest absolute Gasteiger partial charge is 0.341 e. The summed E-state index contributed by atoms with van der Waals surface area (Å²) in [5.74, 6) is -0.0735. The molecule has 0 aliphatic carbocycles. The van der Waals surface area contributed by atoms with E-state index in [2.05, 4.69) is 10.3 Å². The van der Waals surface area contributed by atoms with E-state index in [0.717, 1.165) is 23.2 Å². The summed E-state index contributed by atoms with van der Waals surface area (Å²) < 4.78 is 0. The van der Waals surface area contributed by atoms with Gasteiger partial charge in [-0.15, -0.1) is 0 Å². The molecule has 1 N–H and O–H groups in total. The lowest BCUT2D eigenvalue weighted by Gasteiger charge is -2.21. The second-order valence-corrected chi connectivity index (χ2v) is 6.80. The van der Waals surface area contributed by atoms with Crippen molar-refractivity contribution in [1.82, 2.24) is 10.3 Å². The number of rotatable bonds is 5. The molecule has 4 rings (SSSR count). The van der Waals surface area contributed by atoms with E-state index in [1.807, 2.05) is 54.6 Å². The van der Waals surface area contributed by atoms with Crippen molar-refractivity contribution in [2.24, 2.45) is 0 Å². The summed E-state index contributed by atoms with van der Waals surface area (Å²) in [6, 6.07) is 20.6. The van der Waals surface area contributed by atoms with E-state index < -0.39 is 0 Å². The molecule has 0 bridgehead atoms. The van der Waals surface area contributed by atoms with Gasteiger partial charge >= 0.3 is 0 Å². The van der Waals surface area contributed by atoms with Gasteiger partial charge in [0.15, 0.2) is 0 Å². The van der Waals surface area contributed by atoms with Gasteiger partial charge in [-0.25, -0.2) is 0 Å². The van der Waals surface area contributed by atoms with Crippen LogP contribution in [-0.2, 0) is 4.79 Å². The zero-order chi connectivity index (χ0) is 19.3. The van der Waals surface area contributed by atoms with Crippen LogP contribution in [0, 0.1) is 0 Å². The van der Waals surface area contributed by atoms with Crippen molar-refractivity contribution in [2.75, 3.05) is 11.4 Å². The summed E-state index contributed by atoms with van der Waals surface area (Å²) in [7, 11) is 0. The molecule has 1 aliphatic heterocycles. The van der Waals surface area contributed by atoms with Gasteiger partial charge in [-0.3, -0.25) is 14.6 Å². The molecule has 1 aromatic heterocycles. The zero-order valence-corrected chi connectivity index (χ0v) is 15.4. The Hall–Kier alpha value is -3.47. The van der Waals surface area contributed by atoms with Crippen LogP contribution in [0.4, 0.5) is 5.69 Å². The summed E-state index contributed by atoms with van der Waals surface area (Å²) >= 11 is 0. The molecule has 0 spiro atoms. The van der Waals surface area contributed by atoms with Crippen LogP contribution < -0.4 is 10.2 Å². The van der Waals surface area contributed by atoms with E-state index >= 15 is 0 Å². The third-order valence-corrected chi connectivity index (χ3v) is 4.94. The lowest BCUT2D eigenvalue weighted by molar-refractivity contribution is -0.117. The van der Waals surface area contributed by atoms with Gasteiger partial charge in [0, 0.05) is 36.6 Å². The number of carbonyl (C=O) groups is 2. The monoisotopic (exact) mass is 371 g/mol. The summed E-state index contributed by atoms with van der Waals surface area (Å²) in [5, 5.41) is 3.12. The Bertz CT molecular complexity index is 934. The first-order valence-corrected chi connectivity index (χ1v) is 9.38. The number of benzene rings is 2. The van der Waals surface area contributed by atoms with Crippen LogP contribution in [0.1, 0.15) is 40.4 Å². The molecule has 140 valence electrons. The zero-order valence-electron chi connectivity index (χ0n) is 15.4. The Balaban J connectivity index is 1.61. The van der Waals surface area contributed by atoms with E-state index in [9.17, 15) is 9.59 Å². The van der Waals surface area contributed by atoms with Crippen molar-refractivity contribution in [2.45, 2.75) is 18.9 Å². The highest BCUT2D eigenvalue weighted by Crippen LogP contribution is 2.24. The summed E-state index contributed by atoms with van der Waals surface area (Å²) in [6.07, 6.45) is 4.86. The lowest BCUT2D eigenvalue weighted by Crippen LogP contribution is -2.30. The summed E-state index contributed by atoms with van der Waals surface area (Å²) in [5.41, 5.74) is 3.26. The van der Waals surface area contributed by atoms with Crippen LogP contribution in [0.25, 0.3) is 0 Å². The highest BCUT2D eigenvalue weighted by Gasteiger charge is 2.23. The van der Waals surface area contributed by atoms with E-state index in [4.69, 9.17) is 0 Å². The number of aromatic nitrogens is 1. The second kappa shape index (κ2) is 8.05. The van der Waals surface area contributed by atoms with Gasteiger partial charge < -0.3 is 10.2 Å². The van der Waals surface area contributed by atoms with Gasteiger partial charge in [0.1, 0.15) is 0 Å². The van der Waals surface area contributed by atoms with E-state index in [-0.39, 0.29) is 17.9 Å². The van der Waals surface area contributed by atoms with E-state index in [1.54, 1.807) is 29.4 Å². The standard InChI is InChI=1S/C23H21N3O2/c27-21-10-5-15-26(21)20-9-4-8-19(16-20)23(28)25-22(17-6-2-1-3-7-17)18-11-13-24-14-12-18/h1-4,6-9,11-14,16,22H,5,10,15H2,(H,25,28). The Labute approximate surface area is 164 Å². The average molecular weight is 371 g/mol. The molecule has 5 nitrogen and oxygen atoms in total. The predicted molar refractivity (Wildman–Crippen MR) is 108 cm³/mol. The number of anilines is 1. The first-order chi connectivity index (χ1) is 13.7. The van der Waals surface area contributed by atoms with Gasteiger partial charge in [0.25, 0.3) is 5.91 Å². The number of hydrogen-bond donors (Lipinski definition) is 1. The Morgan fingerprint density at radius 3 is 2.43 bits per heavy atom. The molecular formula is C23H21N3O2. The minimum Gasteiger partial charge on any atom is -0.341 e. The molecule has 2 aromatic carbocycles. The maximum atomic E-state index is 13.0. The minimum atomic E-state index is -0.284. The smallest absolute Gasteiger partial charge is 0.252 e. The quantitative estimate of drug-likeness (QED) is 0.743. The molecule has 28 heavy (non-hydrogen) atoms. The van der Waals surface area contributed by atoms with Crippen molar-refractivity contribution in [3.63, 3.8) is 0 Å². The second-order valence-electron chi connectivity index (χ2n) is 6.80. The maximum Gasteiger partial charge on any atom is 0.252 e. The van der Waals surface area contributed by atoms with Crippen LogP contribution in [-0.4, -0.2) is 23.3 Å². The molecule has 2 heterocycles. The van der Waals surface area contributed by atoms with Crippen LogP contribution in [0.5, 0.6) is 0 Å². The molecule has 3 aromatic rings. The van der Waals surface area contributed by atoms with Crippen LogP contribution in [0.15, 0.2) is 79.1 Å². The van der Waals surface area contributed by atoms with Crippen molar-refractivity contribution in [3.8, 4) is 0 Å². The number of nitrogens with one attached hydrogen (secondary N) is 1. The molecule has 1 atom stereocenters. The SMILES string of the molecule is O=C(NC(c1ccccc1)c1ccncc1)c1cccc(N2CCCC2=O)c1. The molecule has 1 fully saturated rings. The van der Waals surface area contributed by atoms with Gasteiger partial charge in [-0.2, -0.15) is 0 Å². The average Bonchev–Trinajstić information content (AvgIpc) is 3.19. The molecule has 0 radical (unpaired) electrons. The number of pyridine rings is 1. The molecule has 1 unspecified atom stereocenters. The Morgan fingerprint density at radius 1 is 0.964 bits per heavy atom. The maximum absolute atomic E-state index is 13.0. The fourth-order valence-electron chi connectivity index (χ4n) is 3.51. The summed E-state index contributed by atoms with van der Waals surface area (Å²) in [4.78, 5) is 30.9. The van der Waals surface area contributed by atoms with Gasteiger partial charge in [0.05, 0.1) is 6.04 Å². The highest BCUT2D eigenvalue weighted by molar-refractivity contribution is 5.99. The van der Waals surface area contributed by atoms with Crippen LogP contribution in [0.3, 0.4) is 0 Å². The van der Waals surface area contributed by atoms with Crippen molar-refractivity contribution >= 4 is 17.5 Å². The topological polar surface area (TPSA) is 62.3 Å². The molecule has 1 aliphatic rings. The van der Waals surface area contributed by atoms with Crippen LogP contribution >= 0.6 is 0 Å². The lowest BCUT2D eigenvalue weighted by atomic mass is 9.99. The van der Waals surface area contributed by atoms with Crippen molar-refractivity contribution < 1.29 is 9.59 Å². The van der Waals surface area contributed by atoms with E-state index in [0.29, 0.717) is 18.5 Å². The third kappa shape index (κ3) is 3.78. The van der Waals surface area contributed by atoms with E-state index in [1.165, 1.54) is 0 Å². The van der Waals surface area contributed by atoms with Crippen molar-refractivity contribution in [1.29, 1.82) is 0 Å². The van der Waals surface area contributed by atoms with Gasteiger partial charge in [-0.1, -0.05) is 36.4 Å². The minimum absolute atomic E-state index is 0.108. The number of amides is 2. The molecule has 0 saturated carbocycles. The predicted octanol–water partition coefficient (Wildman–Crippen LogP) is 3.73. The number of nitrogens with zero attached hydrogens (tertiary/aromatic N) is 2. The molecule has 5 heteroatoms. The fraction of sp³-hybridized carbons (Fsp3) is 0.174. The highest BCUT2D eigenvalue weighted by atomic mass is 16.2. The van der Waals surface area contributed by atoms with Gasteiger partial charge in [0.2, 0.25) is 5.91 Å². The first kappa shape index (κ1) is 17.9. The summed E-state index contributed by atoms with van der Waals surface area (Å²) in [6.45, 7) is 0.702. The Kier molecular flexibility index (Phi) is 5.15. The first-order valence-electron chi connectivity index (χ1n) is 9.38. The number of carbonyl (C=O) groups excluding carboxylic acids is 2. The number of hydrogen-bond acceptors (Lipinski definition) is 3. The normalized spacial score (nSPS) is 14.7. The van der Waals surface area contributed by atoms with Crippen molar-refractivity contribution in [3.05, 3.63) is 95.8 Å². The van der Waals surface area contributed by atoms with Gasteiger partial charge in [-0.05, 0) is 47.9 Å². The molecular weight excluding hydrogens is 350 g/mol. The van der Waals surface area contributed by atoms with Crippen LogP contribution in [0.2, 0.25) is 0 Å². The fourth-order valence-corrected chi connectivity index (χ4v) is 3.51. The molecule has 1 saturated heterocycles.